The molecule has 1 aliphatic heterocycles. The Balaban J connectivity index is 2.35. The van der Waals surface area contributed by atoms with E-state index in [1.807, 2.05) is 11.8 Å². The number of nitrogens with one attached hydrogen (secondary N) is 1. The molecule has 0 aromatic rings. The van der Waals surface area contributed by atoms with E-state index in [4.69, 9.17) is 17.3 Å². The van der Waals surface area contributed by atoms with E-state index in [1.165, 1.54) is 0 Å². The number of hydrogen-bond donors (Lipinski definition) is 2. The van der Waals surface area contributed by atoms with Gasteiger partial charge in [0.15, 0.2) is 5.11 Å². The van der Waals surface area contributed by atoms with E-state index < -0.39 is 5.97 Å². The third-order valence-electron chi connectivity index (χ3n) is 2.46. The van der Waals surface area contributed by atoms with E-state index in [2.05, 4.69) is 5.32 Å². The second kappa shape index (κ2) is 5.14. The van der Waals surface area contributed by atoms with Gasteiger partial charge in [0.25, 0.3) is 0 Å². The van der Waals surface area contributed by atoms with E-state index in [0.29, 0.717) is 12.8 Å². The lowest BCUT2D eigenvalue weighted by atomic mass is 9.97. The maximum atomic E-state index is 10.7. The van der Waals surface area contributed by atoms with Crippen molar-refractivity contribution in [2.45, 2.75) is 19.8 Å². The van der Waals surface area contributed by atoms with Crippen LogP contribution >= 0.6 is 12.2 Å². The normalized spacial score (nSPS) is 17.9. The molecule has 1 aliphatic rings. The third-order valence-corrected chi connectivity index (χ3v) is 2.86. The van der Waals surface area contributed by atoms with E-state index in [9.17, 15) is 4.79 Å². The zero-order valence-electron chi connectivity index (χ0n) is 8.32. The van der Waals surface area contributed by atoms with Crippen LogP contribution in [0.15, 0.2) is 0 Å². The zero-order valence-corrected chi connectivity index (χ0v) is 9.14. The van der Waals surface area contributed by atoms with Crippen LogP contribution in [0.25, 0.3) is 0 Å². The molecular weight excluding hydrogens is 200 g/mol. The van der Waals surface area contributed by atoms with Crippen molar-refractivity contribution >= 4 is 23.3 Å². The summed E-state index contributed by atoms with van der Waals surface area (Å²) in [5.41, 5.74) is 0. The monoisotopic (exact) mass is 216 g/mol. The fourth-order valence-electron chi connectivity index (χ4n) is 1.59. The van der Waals surface area contributed by atoms with Crippen LogP contribution in [0.4, 0.5) is 0 Å². The molecule has 0 aliphatic carbocycles. The highest BCUT2D eigenvalue weighted by Crippen LogP contribution is 2.17. The Bertz CT molecular complexity index is 225. The van der Waals surface area contributed by atoms with Gasteiger partial charge in [-0.2, -0.15) is 0 Å². The number of likely N-dealkylation sites (tertiary alicyclic amines) is 1. The molecule has 0 saturated carbocycles. The van der Waals surface area contributed by atoms with Crippen LogP contribution in [0.3, 0.4) is 0 Å². The predicted molar refractivity (Wildman–Crippen MR) is 58.2 cm³/mol. The molecule has 14 heavy (non-hydrogen) atoms. The first-order valence-corrected chi connectivity index (χ1v) is 5.31. The Morgan fingerprint density at radius 2 is 2.14 bits per heavy atom. The molecule has 2 N–H and O–H groups in total. The van der Waals surface area contributed by atoms with Crippen molar-refractivity contribution in [2.75, 3.05) is 19.6 Å². The fourth-order valence-corrected chi connectivity index (χ4v) is 1.92. The smallest absolute Gasteiger partial charge is 0.306 e. The van der Waals surface area contributed by atoms with E-state index in [0.717, 1.165) is 24.7 Å². The van der Waals surface area contributed by atoms with Crippen LogP contribution in [0.5, 0.6) is 0 Å². The van der Waals surface area contributed by atoms with Crippen LogP contribution in [-0.4, -0.2) is 40.7 Å². The molecule has 0 spiro atoms. The van der Waals surface area contributed by atoms with Gasteiger partial charge in [0.2, 0.25) is 0 Å². The van der Waals surface area contributed by atoms with Crippen LogP contribution in [0, 0.1) is 5.92 Å². The summed E-state index contributed by atoms with van der Waals surface area (Å²) in [6.45, 7) is 4.32. The van der Waals surface area contributed by atoms with Crippen molar-refractivity contribution in [3.05, 3.63) is 0 Å². The molecule has 0 bridgehead atoms. The highest BCUT2D eigenvalue weighted by molar-refractivity contribution is 7.80. The first-order valence-electron chi connectivity index (χ1n) is 4.90. The summed E-state index contributed by atoms with van der Waals surface area (Å²) >= 11 is 5.14. The number of piperidine rings is 1. The minimum atomic E-state index is -0.681. The van der Waals surface area contributed by atoms with Gasteiger partial charge in [0.05, 0.1) is 5.92 Å². The van der Waals surface area contributed by atoms with Gasteiger partial charge in [-0.15, -0.1) is 0 Å². The molecular formula is C9H16N2O2S. The number of nitrogens with zero attached hydrogens (tertiary/aromatic N) is 1. The summed E-state index contributed by atoms with van der Waals surface area (Å²) in [7, 11) is 0. The van der Waals surface area contributed by atoms with E-state index in [-0.39, 0.29) is 5.92 Å². The molecule has 1 heterocycles. The van der Waals surface area contributed by atoms with E-state index >= 15 is 0 Å². The molecule has 5 heteroatoms. The molecule has 1 saturated heterocycles. The van der Waals surface area contributed by atoms with Crippen LogP contribution in [-0.2, 0) is 4.79 Å². The van der Waals surface area contributed by atoms with Crippen molar-refractivity contribution in [1.82, 2.24) is 10.2 Å². The maximum absolute atomic E-state index is 10.7. The topological polar surface area (TPSA) is 52.6 Å². The van der Waals surface area contributed by atoms with Gasteiger partial charge < -0.3 is 15.3 Å². The molecule has 0 unspecified atom stereocenters. The lowest BCUT2D eigenvalue weighted by Gasteiger charge is -2.32. The van der Waals surface area contributed by atoms with E-state index in [1.54, 1.807) is 0 Å². The largest absolute Gasteiger partial charge is 0.481 e. The van der Waals surface area contributed by atoms with Crippen LogP contribution in [0.1, 0.15) is 19.8 Å². The Labute approximate surface area is 89.3 Å². The Morgan fingerprint density at radius 3 is 2.57 bits per heavy atom. The minimum absolute atomic E-state index is 0.185. The SMILES string of the molecule is CCNC(=S)N1CCC(C(=O)O)CC1. The van der Waals surface area contributed by atoms with Crippen LogP contribution in [0.2, 0.25) is 0 Å². The van der Waals surface area contributed by atoms with Gasteiger partial charge in [-0.25, -0.2) is 0 Å². The molecule has 4 nitrogen and oxygen atoms in total. The second-order valence-corrected chi connectivity index (χ2v) is 3.82. The number of rotatable bonds is 2. The molecule has 0 radical (unpaired) electrons. The van der Waals surface area contributed by atoms with Gasteiger partial charge in [-0.3, -0.25) is 4.79 Å². The number of carbonyl (C=O) groups is 1. The van der Waals surface area contributed by atoms with Crippen molar-refractivity contribution in [3.63, 3.8) is 0 Å². The number of thiocarbonyl (C=S) groups is 1. The molecule has 1 fully saturated rings. The molecule has 0 atom stereocenters. The lowest BCUT2D eigenvalue weighted by molar-refractivity contribution is -0.143. The van der Waals surface area contributed by atoms with Crippen molar-refractivity contribution in [3.8, 4) is 0 Å². The van der Waals surface area contributed by atoms with Gasteiger partial charge in [0.1, 0.15) is 0 Å². The average molecular weight is 216 g/mol. The standard InChI is InChI=1S/C9H16N2O2S/c1-2-10-9(14)11-5-3-7(4-6-11)8(12)13/h7H,2-6H2,1H3,(H,10,14)(H,12,13). The molecule has 1 rings (SSSR count). The van der Waals surface area contributed by atoms with Gasteiger partial charge in [-0.1, -0.05) is 0 Å². The summed E-state index contributed by atoms with van der Waals surface area (Å²) in [6, 6.07) is 0. The summed E-state index contributed by atoms with van der Waals surface area (Å²) in [5, 5.41) is 12.6. The molecule has 0 aromatic heterocycles. The Kier molecular flexibility index (Phi) is 4.13. The second-order valence-electron chi connectivity index (χ2n) is 3.44. The lowest BCUT2D eigenvalue weighted by Crippen LogP contribution is -2.45. The summed E-state index contributed by atoms with van der Waals surface area (Å²) in [6.07, 6.45) is 1.39. The first-order chi connectivity index (χ1) is 6.65. The molecule has 0 amide bonds. The van der Waals surface area contributed by atoms with Gasteiger partial charge >= 0.3 is 5.97 Å². The summed E-state index contributed by atoms with van der Waals surface area (Å²) in [4.78, 5) is 12.7. The zero-order chi connectivity index (χ0) is 10.6. The average Bonchev–Trinajstić information content (AvgIpc) is 2.18. The first kappa shape index (κ1) is 11.2. The predicted octanol–water partition coefficient (Wildman–Crippen LogP) is 0.677. The minimum Gasteiger partial charge on any atom is -0.481 e. The quantitative estimate of drug-likeness (QED) is 0.665. The summed E-state index contributed by atoms with van der Waals surface area (Å²) in [5.74, 6) is -0.866. The number of carboxylic acids is 1. The Morgan fingerprint density at radius 1 is 1.57 bits per heavy atom. The van der Waals surface area contributed by atoms with Crippen molar-refractivity contribution in [1.29, 1.82) is 0 Å². The summed E-state index contributed by atoms with van der Waals surface area (Å²) < 4.78 is 0. The highest BCUT2D eigenvalue weighted by atomic mass is 32.1. The highest BCUT2D eigenvalue weighted by Gasteiger charge is 2.25. The van der Waals surface area contributed by atoms with Crippen molar-refractivity contribution < 1.29 is 9.90 Å². The van der Waals surface area contributed by atoms with Crippen molar-refractivity contribution in [2.24, 2.45) is 5.92 Å². The Hall–Kier alpha value is -0.840. The number of aliphatic carboxylic acids is 1. The third kappa shape index (κ3) is 2.83. The molecule has 80 valence electrons. The number of hydrogen-bond acceptors (Lipinski definition) is 2. The molecule has 0 aromatic carbocycles. The maximum Gasteiger partial charge on any atom is 0.306 e. The number of carboxylic acid groups (broad SMARTS) is 1. The van der Waals surface area contributed by atoms with Gasteiger partial charge in [0, 0.05) is 19.6 Å². The van der Waals surface area contributed by atoms with Crippen LogP contribution < -0.4 is 5.32 Å². The van der Waals surface area contributed by atoms with Gasteiger partial charge in [-0.05, 0) is 32.0 Å². The fraction of sp³-hybridized carbons (Fsp3) is 0.778.